The zero-order valence-corrected chi connectivity index (χ0v) is 20.7. The van der Waals surface area contributed by atoms with Crippen molar-refractivity contribution >= 4 is 28.7 Å². The Kier molecular flexibility index (Phi) is 6.90. The fraction of sp³-hybridized carbons (Fsp3) is 0.500. The predicted octanol–water partition coefficient (Wildman–Crippen LogP) is 5.01. The molecule has 0 radical (unpaired) electrons. The SMILES string of the molecule is CC1CC(C(F)(F)F)=NN1CC(=O)N1CCC(c2nc(C3=NOC(c4c(F)cccc4F)C3)cs2)CC1. The Labute approximate surface area is 213 Å². The molecule has 0 aliphatic carbocycles. The first-order valence-corrected chi connectivity index (χ1v) is 12.8. The van der Waals surface area contributed by atoms with Crippen LogP contribution in [-0.2, 0) is 9.63 Å². The second-order valence-corrected chi connectivity index (χ2v) is 10.3. The second-order valence-electron chi connectivity index (χ2n) is 9.39. The summed E-state index contributed by atoms with van der Waals surface area (Å²) in [4.78, 5) is 24.3. The van der Waals surface area contributed by atoms with E-state index in [-0.39, 0.29) is 36.8 Å². The number of carbonyl (C=O) groups excluding carboxylic acids is 1. The Morgan fingerprint density at radius 3 is 2.51 bits per heavy atom. The smallest absolute Gasteiger partial charge is 0.387 e. The number of benzene rings is 1. The van der Waals surface area contributed by atoms with E-state index in [4.69, 9.17) is 4.84 Å². The van der Waals surface area contributed by atoms with Gasteiger partial charge in [0.1, 0.15) is 29.6 Å². The van der Waals surface area contributed by atoms with Gasteiger partial charge in [0.2, 0.25) is 5.91 Å². The summed E-state index contributed by atoms with van der Waals surface area (Å²) in [5.41, 5.74) is 0.103. The molecule has 1 aromatic carbocycles. The lowest BCUT2D eigenvalue weighted by molar-refractivity contribution is -0.133. The highest BCUT2D eigenvalue weighted by Gasteiger charge is 2.42. The zero-order valence-electron chi connectivity index (χ0n) is 19.8. The minimum absolute atomic E-state index is 0.117. The summed E-state index contributed by atoms with van der Waals surface area (Å²) in [7, 11) is 0. The van der Waals surface area contributed by atoms with Crippen LogP contribution in [0, 0.1) is 11.6 Å². The summed E-state index contributed by atoms with van der Waals surface area (Å²) in [5, 5.41) is 11.5. The second kappa shape index (κ2) is 9.99. The Bertz CT molecular complexity index is 1220. The topological polar surface area (TPSA) is 70.4 Å². The molecule has 0 saturated carbocycles. The number of oxime groups is 1. The highest BCUT2D eigenvalue weighted by Crippen LogP contribution is 2.35. The standard InChI is InChI=1S/C24H24F5N5O2S/c1-13-9-20(24(27,28)29)31-34(13)11-21(35)33-7-5-14(6-8-33)23-30-18(12-37-23)17-10-19(36-32-17)22-15(25)3-2-4-16(22)26/h2-4,12-14,19H,5-11H2,1H3. The number of rotatable bonds is 5. The zero-order chi connectivity index (χ0) is 26.3. The van der Waals surface area contributed by atoms with Gasteiger partial charge in [-0.15, -0.1) is 11.3 Å². The van der Waals surface area contributed by atoms with Gasteiger partial charge in [0, 0.05) is 37.2 Å². The number of hydrogen-bond acceptors (Lipinski definition) is 7. The van der Waals surface area contributed by atoms with Crippen molar-refractivity contribution in [2.45, 2.75) is 56.8 Å². The van der Waals surface area contributed by atoms with Crippen LogP contribution >= 0.6 is 11.3 Å². The van der Waals surface area contributed by atoms with E-state index in [0.717, 1.165) is 5.01 Å². The average Bonchev–Trinajstić information content (AvgIpc) is 3.59. The normalized spacial score (nSPS) is 22.8. The summed E-state index contributed by atoms with van der Waals surface area (Å²) >= 11 is 1.45. The monoisotopic (exact) mass is 541 g/mol. The molecule has 5 rings (SSSR count). The van der Waals surface area contributed by atoms with E-state index in [1.54, 1.807) is 11.8 Å². The molecule has 1 saturated heterocycles. The summed E-state index contributed by atoms with van der Waals surface area (Å²) in [6, 6.07) is 3.16. The number of thiazole rings is 1. The van der Waals surface area contributed by atoms with Crippen LogP contribution in [0.3, 0.4) is 0 Å². The van der Waals surface area contributed by atoms with Crippen molar-refractivity contribution in [1.29, 1.82) is 0 Å². The molecular formula is C24H24F5N5O2S. The van der Waals surface area contributed by atoms with Crippen LogP contribution in [-0.4, -0.2) is 64.1 Å². The van der Waals surface area contributed by atoms with Crippen LogP contribution in [0.5, 0.6) is 0 Å². The lowest BCUT2D eigenvalue weighted by atomic mass is 9.97. The number of carbonyl (C=O) groups is 1. The van der Waals surface area contributed by atoms with E-state index in [1.165, 1.54) is 34.5 Å². The van der Waals surface area contributed by atoms with E-state index in [1.807, 2.05) is 5.38 Å². The number of alkyl halides is 3. The number of piperidine rings is 1. The van der Waals surface area contributed by atoms with Gasteiger partial charge < -0.3 is 9.74 Å². The third kappa shape index (κ3) is 5.32. The molecule has 13 heteroatoms. The molecule has 4 heterocycles. The molecule has 0 bridgehead atoms. The van der Waals surface area contributed by atoms with E-state index >= 15 is 0 Å². The van der Waals surface area contributed by atoms with E-state index < -0.39 is 35.7 Å². The summed E-state index contributed by atoms with van der Waals surface area (Å²) < 4.78 is 67.0. The van der Waals surface area contributed by atoms with Gasteiger partial charge in [0.05, 0.1) is 22.3 Å². The maximum absolute atomic E-state index is 14.1. The van der Waals surface area contributed by atoms with Crippen LogP contribution < -0.4 is 0 Å². The predicted molar refractivity (Wildman–Crippen MR) is 126 cm³/mol. The maximum atomic E-state index is 14.1. The van der Waals surface area contributed by atoms with Gasteiger partial charge in [-0.05, 0) is 31.9 Å². The number of hydrazone groups is 1. The van der Waals surface area contributed by atoms with Crippen LogP contribution in [0.2, 0.25) is 0 Å². The van der Waals surface area contributed by atoms with Gasteiger partial charge in [0.15, 0.2) is 6.10 Å². The number of aromatic nitrogens is 1. The van der Waals surface area contributed by atoms with E-state index in [2.05, 4.69) is 15.2 Å². The van der Waals surface area contributed by atoms with Crippen molar-refractivity contribution in [3.63, 3.8) is 0 Å². The maximum Gasteiger partial charge on any atom is 0.431 e. The summed E-state index contributed by atoms with van der Waals surface area (Å²) in [5.74, 6) is -1.51. The van der Waals surface area contributed by atoms with Gasteiger partial charge >= 0.3 is 6.18 Å². The summed E-state index contributed by atoms with van der Waals surface area (Å²) in [6.45, 7) is 2.37. The van der Waals surface area contributed by atoms with E-state index in [9.17, 15) is 26.7 Å². The Hall–Kier alpha value is -3.09. The van der Waals surface area contributed by atoms with Crippen LogP contribution in [0.15, 0.2) is 33.8 Å². The van der Waals surface area contributed by atoms with Crippen molar-refractivity contribution in [2.75, 3.05) is 19.6 Å². The van der Waals surface area contributed by atoms with Gasteiger partial charge in [-0.2, -0.15) is 18.3 Å². The molecule has 1 amide bonds. The molecule has 37 heavy (non-hydrogen) atoms. The van der Waals surface area contributed by atoms with Gasteiger partial charge in [-0.25, -0.2) is 13.8 Å². The first-order valence-electron chi connectivity index (χ1n) is 11.9. The number of likely N-dealkylation sites (tertiary alicyclic amines) is 1. The van der Waals surface area contributed by atoms with Crippen LogP contribution in [0.4, 0.5) is 22.0 Å². The molecule has 2 atom stereocenters. The highest BCUT2D eigenvalue weighted by atomic mass is 32.1. The molecule has 198 valence electrons. The number of amides is 1. The summed E-state index contributed by atoms with van der Waals surface area (Å²) in [6.07, 6.45) is -4.04. The molecular weight excluding hydrogens is 517 g/mol. The van der Waals surface area contributed by atoms with Gasteiger partial charge in [0.25, 0.3) is 0 Å². The average molecular weight is 542 g/mol. The largest absolute Gasteiger partial charge is 0.431 e. The molecule has 1 fully saturated rings. The Balaban J connectivity index is 1.15. The third-order valence-electron chi connectivity index (χ3n) is 6.88. The quantitative estimate of drug-likeness (QED) is 0.500. The first kappa shape index (κ1) is 25.6. The number of halogens is 5. The molecule has 0 N–H and O–H groups in total. The fourth-order valence-corrected chi connectivity index (χ4v) is 5.77. The Morgan fingerprint density at radius 2 is 1.86 bits per heavy atom. The lowest BCUT2D eigenvalue weighted by Crippen LogP contribution is -2.43. The lowest BCUT2D eigenvalue weighted by Gasteiger charge is -2.32. The van der Waals surface area contributed by atoms with Crippen molar-refractivity contribution < 1.29 is 31.6 Å². The van der Waals surface area contributed by atoms with E-state index in [0.29, 0.717) is 37.3 Å². The highest BCUT2D eigenvalue weighted by molar-refractivity contribution is 7.10. The Morgan fingerprint density at radius 1 is 1.16 bits per heavy atom. The van der Waals surface area contributed by atoms with Crippen molar-refractivity contribution in [2.24, 2.45) is 10.3 Å². The minimum Gasteiger partial charge on any atom is -0.387 e. The molecule has 0 spiro atoms. The van der Waals surface area contributed by atoms with Crippen LogP contribution in [0.25, 0.3) is 0 Å². The number of hydrogen-bond donors (Lipinski definition) is 0. The fourth-order valence-electron chi connectivity index (χ4n) is 4.77. The molecule has 1 aromatic heterocycles. The third-order valence-corrected chi connectivity index (χ3v) is 7.88. The molecule has 2 unspecified atom stereocenters. The molecule has 7 nitrogen and oxygen atoms in total. The minimum atomic E-state index is -4.48. The number of nitrogens with zero attached hydrogens (tertiary/aromatic N) is 5. The molecule has 3 aliphatic rings. The van der Waals surface area contributed by atoms with Crippen molar-refractivity contribution in [3.05, 3.63) is 51.5 Å². The van der Waals surface area contributed by atoms with Gasteiger partial charge in [-0.1, -0.05) is 11.2 Å². The van der Waals surface area contributed by atoms with Crippen molar-refractivity contribution in [1.82, 2.24) is 14.9 Å². The van der Waals surface area contributed by atoms with Crippen LogP contribution in [0.1, 0.15) is 60.9 Å². The van der Waals surface area contributed by atoms with Gasteiger partial charge in [-0.3, -0.25) is 9.80 Å². The molecule has 3 aliphatic heterocycles. The molecule has 2 aromatic rings. The van der Waals surface area contributed by atoms with Crippen molar-refractivity contribution in [3.8, 4) is 0 Å². The first-order chi connectivity index (χ1) is 17.6.